The van der Waals surface area contributed by atoms with Gasteiger partial charge >= 0.3 is 0 Å². The first-order chi connectivity index (χ1) is 13.1. The van der Waals surface area contributed by atoms with Crippen LogP contribution in [0, 0.1) is 6.92 Å². The van der Waals surface area contributed by atoms with Crippen molar-refractivity contribution in [3.8, 4) is 11.4 Å². The molecule has 0 saturated carbocycles. The number of anilines is 1. The van der Waals surface area contributed by atoms with E-state index < -0.39 is 0 Å². The Morgan fingerprint density at radius 1 is 1.22 bits per heavy atom. The second-order valence-electron chi connectivity index (χ2n) is 6.08. The van der Waals surface area contributed by atoms with Crippen molar-refractivity contribution in [3.05, 3.63) is 66.0 Å². The van der Waals surface area contributed by atoms with Crippen LogP contribution in [-0.4, -0.2) is 28.3 Å². The highest BCUT2D eigenvalue weighted by Gasteiger charge is 2.12. The van der Waals surface area contributed by atoms with Gasteiger partial charge in [-0.3, -0.25) is 9.36 Å². The first-order valence-electron chi connectivity index (χ1n) is 8.81. The summed E-state index contributed by atoms with van der Waals surface area (Å²) in [7, 11) is 1.64. The van der Waals surface area contributed by atoms with E-state index in [0.29, 0.717) is 5.75 Å². The summed E-state index contributed by atoms with van der Waals surface area (Å²) in [6.45, 7) is 4.10. The molecule has 0 aliphatic carbocycles. The number of nitrogens with zero attached hydrogens (tertiary/aromatic N) is 2. The molecule has 0 saturated heterocycles. The molecule has 0 bridgehead atoms. The Morgan fingerprint density at radius 2 is 2.00 bits per heavy atom. The van der Waals surface area contributed by atoms with Crippen LogP contribution in [0.4, 0.5) is 5.69 Å². The van der Waals surface area contributed by atoms with Gasteiger partial charge in [-0.25, -0.2) is 4.98 Å². The summed E-state index contributed by atoms with van der Waals surface area (Å²) in [6.07, 6.45) is 4.51. The van der Waals surface area contributed by atoms with Crippen LogP contribution in [0.15, 0.2) is 60.0 Å². The number of hydrogen-bond donors (Lipinski definition) is 1. The topological polar surface area (TPSA) is 56.2 Å². The van der Waals surface area contributed by atoms with Crippen LogP contribution in [0.5, 0.6) is 5.75 Å². The zero-order valence-corrected chi connectivity index (χ0v) is 16.5. The quantitative estimate of drug-likeness (QED) is 0.613. The molecule has 0 fully saturated rings. The number of benzene rings is 2. The monoisotopic (exact) mass is 381 g/mol. The van der Waals surface area contributed by atoms with Gasteiger partial charge in [0.2, 0.25) is 5.91 Å². The number of carbonyl (C=O) groups is 1. The molecule has 2 aromatic carbocycles. The predicted molar refractivity (Wildman–Crippen MR) is 110 cm³/mol. The Morgan fingerprint density at radius 3 is 2.70 bits per heavy atom. The first kappa shape index (κ1) is 19.0. The Bertz CT molecular complexity index is 919. The number of thioether (sulfide) groups is 1. The Balaban J connectivity index is 1.67. The third-order valence-corrected chi connectivity index (χ3v) is 5.26. The number of aryl methyl sites for hydroxylation is 2. The number of nitrogens with one attached hydrogen (secondary N) is 1. The lowest BCUT2D eigenvalue weighted by molar-refractivity contribution is -0.113. The number of hydrogen-bond acceptors (Lipinski definition) is 4. The molecule has 0 aliphatic rings. The van der Waals surface area contributed by atoms with E-state index in [0.717, 1.165) is 39.8 Å². The minimum atomic E-state index is -0.0340. The van der Waals surface area contributed by atoms with Gasteiger partial charge in [0.25, 0.3) is 0 Å². The number of aromatic nitrogens is 2. The average molecular weight is 382 g/mol. The molecule has 0 atom stereocenters. The van der Waals surface area contributed by atoms with E-state index in [2.05, 4.69) is 17.2 Å². The number of rotatable bonds is 7. The normalized spacial score (nSPS) is 10.6. The second kappa shape index (κ2) is 8.77. The molecule has 5 nitrogen and oxygen atoms in total. The van der Waals surface area contributed by atoms with Crippen LogP contribution in [-0.2, 0) is 11.2 Å². The molecule has 1 aromatic heterocycles. The molecule has 6 heteroatoms. The van der Waals surface area contributed by atoms with Gasteiger partial charge in [-0.1, -0.05) is 36.9 Å². The maximum Gasteiger partial charge on any atom is 0.234 e. The highest BCUT2D eigenvalue weighted by Crippen LogP contribution is 2.24. The maximum atomic E-state index is 12.5. The minimum absolute atomic E-state index is 0.0340. The number of amides is 1. The van der Waals surface area contributed by atoms with Crippen molar-refractivity contribution in [1.29, 1.82) is 0 Å². The van der Waals surface area contributed by atoms with Crippen molar-refractivity contribution in [2.45, 2.75) is 25.4 Å². The smallest absolute Gasteiger partial charge is 0.234 e. The van der Waals surface area contributed by atoms with Crippen LogP contribution in [0.3, 0.4) is 0 Å². The summed E-state index contributed by atoms with van der Waals surface area (Å²) in [5, 5.41) is 3.83. The van der Waals surface area contributed by atoms with Crippen LogP contribution in [0.25, 0.3) is 5.69 Å². The molecule has 1 amide bonds. The van der Waals surface area contributed by atoms with Gasteiger partial charge in [-0.05, 0) is 48.7 Å². The second-order valence-corrected chi connectivity index (χ2v) is 7.02. The van der Waals surface area contributed by atoms with Gasteiger partial charge in [-0.2, -0.15) is 0 Å². The van der Waals surface area contributed by atoms with Crippen molar-refractivity contribution in [2.24, 2.45) is 0 Å². The standard InChI is InChI=1S/C21H23N3O2S/c1-4-16-7-5-6-15(2)20(16)23-19(25)14-27-21-22-12-13-24(21)17-8-10-18(26-3)11-9-17/h5-13H,4,14H2,1-3H3,(H,23,25). The highest BCUT2D eigenvalue weighted by molar-refractivity contribution is 7.99. The van der Waals surface area contributed by atoms with Gasteiger partial charge < -0.3 is 10.1 Å². The summed E-state index contributed by atoms with van der Waals surface area (Å²) in [5.74, 6) is 1.07. The fourth-order valence-electron chi connectivity index (χ4n) is 2.84. The number of carbonyl (C=O) groups excluding carboxylic acids is 1. The van der Waals surface area contributed by atoms with Crippen molar-refractivity contribution < 1.29 is 9.53 Å². The van der Waals surface area contributed by atoms with E-state index in [4.69, 9.17) is 4.74 Å². The van der Waals surface area contributed by atoms with Crippen molar-refractivity contribution >= 4 is 23.4 Å². The Kier molecular flexibility index (Phi) is 6.19. The molecule has 27 heavy (non-hydrogen) atoms. The molecule has 1 heterocycles. The fourth-order valence-corrected chi connectivity index (χ4v) is 3.62. The van der Waals surface area contributed by atoms with E-state index in [-0.39, 0.29) is 5.91 Å². The summed E-state index contributed by atoms with van der Waals surface area (Å²) in [6, 6.07) is 13.8. The molecule has 3 rings (SSSR count). The van der Waals surface area contributed by atoms with Gasteiger partial charge in [0, 0.05) is 23.8 Å². The van der Waals surface area contributed by atoms with Gasteiger partial charge in [-0.15, -0.1) is 0 Å². The van der Waals surface area contributed by atoms with Crippen LogP contribution in [0.2, 0.25) is 0 Å². The minimum Gasteiger partial charge on any atom is -0.497 e. The third kappa shape index (κ3) is 4.52. The van der Waals surface area contributed by atoms with Crippen molar-refractivity contribution in [2.75, 3.05) is 18.2 Å². The summed E-state index contributed by atoms with van der Waals surface area (Å²) < 4.78 is 7.16. The SMILES string of the molecule is CCc1cccc(C)c1NC(=O)CSc1nccn1-c1ccc(OC)cc1. The Labute approximate surface area is 163 Å². The van der Waals surface area contributed by atoms with Crippen LogP contribution in [0.1, 0.15) is 18.1 Å². The third-order valence-electron chi connectivity index (χ3n) is 4.29. The predicted octanol–water partition coefficient (Wildman–Crippen LogP) is 4.48. The zero-order valence-electron chi connectivity index (χ0n) is 15.7. The van der Waals surface area contributed by atoms with Crippen molar-refractivity contribution in [1.82, 2.24) is 9.55 Å². The Hall–Kier alpha value is -2.73. The summed E-state index contributed by atoms with van der Waals surface area (Å²) in [5.41, 5.74) is 4.12. The zero-order chi connectivity index (χ0) is 19.2. The molecular formula is C21H23N3O2S. The molecule has 3 aromatic rings. The average Bonchev–Trinajstić information content (AvgIpc) is 3.16. The molecule has 140 valence electrons. The molecule has 0 unspecified atom stereocenters. The lowest BCUT2D eigenvalue weighted by Gasteiger charge is -2.13. The largest absolute Gasteiger partial charge is 0.497 e. The lowest BCUT2D eigenvalue weighted by atomic mass is 10.1. The summed E-state index contributed by atoms with van der Waals surface area (Å²) >= 11 is 1.41. The van der Waals surface area contributed by atoms with Gasteiger partial charge in [0.15, 0.2) is 5.16 Å². The van der Waals surface area contributed by atoms with E-state index >= 15 is 0 Å². The lowest BCUT2D eigenvalue weighted by Crippen LogP contribution is -2.16. The molecule has 1 N–H and O–H groups in total. The van der Waals surface area contributed by atoms with Gasteiger partial charge in [0.05, 0.1) is 12.9 Å². The number of para-hydroxylation sites is 1. The summed E-state index contributed by atoms with van der Waals surface area (Å²) in [4.78, 5) is 16.9. The molecule has 0 radical (unpaired) electrons. The number of methoxy groups -OCH3 is 1. The van der Waals surface area contributed by atoms with E-state index in [1.54, 1.807) is 13.3 Å². The van der Waals surface area contributed by atoms with Crippen LogP contribution < -0.4 is 10.1 Å². The van der Waals surface area contributed by atoms with E-state index in [1.165, 1.54) is 11.8 Å². The van der Waals surface area contributed by atoms with Crippen LogP contribution >= 0.6 is 11.8 Å². The van der Waals surface area contributed by atoms with Gasteiger partial charge in [0.1, 0.15) is 5.75 Å². The molecular weight excluding hydrogens is 358 g/mol. The van der Waals surface area contributed by atoms with Crippen molar-refractivity contribution in [3.63, 3.8) is 0 Å². The van der Waals surface area contributed by atoms with E-state index in [1.807, 2.05) is 60.2 Å². The first-order valence-corrected chi connectivity index (χ1v) is 9.80. The number of imidazole rings is 1. The maximum absolute atomic E-state index is 12.5. The highest BCUT2D eigenvalue weighted by atomic mass is 32.2. The molecule has 0 spiro atoms. The fraction of sp³-hybridized carbons (Fsp3) is 0.238. The van der Waals surface area contributed by atoms with E-state index in [9.17, 15) is 4.79 Å². The number of ether oxygens (including phenoxy) is 1. The molecule has 0 aliphatic heterocycles.